The van der Waals surface area contributed by atoms with Crippen LogP contribution in [0.5, 0.6) is 0 Å². The third-order valence-electron chi connectivity index (χ3n) is 2.36. The molecule has 1 heterocycles. The lowest BCUT2D eigenvalue weighted by Gasteiger charge is -2.10. The van der Waals surface area contributed by atoms with Crippen molar-refractivity contribution in [2.75, 3.05) is 43.5 Å². The van der Waals surface area contributed by atoms with Gasteiger partial charge < -0.3 is 25.8 Å². The minimum atomic E-state index is -0.481. The number of rotatable bonds is 11. The fourth-order valence-corrected chi connectivity index (χ4v) is 1.54. The number of ether oxygens (including phenoxy) is 2. The van der Waals surface area contributed by atoms with Gasteiger partial charge in [-0.3, -0.25) is 4.79 Å². The Kier molecular flexibility index (Phi) is 8.07. The van der Waals surface area contributed by atoms with Crippen LogP contribution >= 0.6 is 0 Å². The van der Waals surface area contributed by atoms with Crippen LogP contribution in [0.4, 0.5) is 11.6 Å². The number of carbonyl (C=O) groups is 1. The molecule has 0 aliphatic heterocycles. The molecule has 1 rings (SSSR count). The number of hydrogen-bond acceptors (Lipinski definition) is 7. The summed E-state index contributed by atoms with van der Waals surface area (Å²) in [4.78, 5) is 19.2. The largest absolute Gasteiger partial charge is 0.374 e. The van der Waals surface area contributed by atoms with Crippen molar-refractivity contribution in [3.8, 4) is 0 Å². The molecule has 0 aromatic carbocycles. The average molecular weight is 297 g/mol. The summed E-state index contributed by atoms with van der Waals surface area (Å²) in [6.07, 6.45) is 0. The molecule has 1 amide bonds. The highest BCUT2D eigenvalue weighted by atomic mass is 16.5. The average Bonchev–Trinajstić information content (AvgIpc) is 2.44. The maximum Gasteiger partial charge on any atom is 0.243 e. The Labute approximate surface area is 124 Å². The smallest absolute Gasteiger partial charge is 0.243 e. The summed E-state index contributed by atoms with van der Waals surface area (Å²) in [5, 5.41) is 6.25. The Balaban J connectivity index is 2.53. The number of hydrogen-bond donors (Lipinski definition) is 3. The van der Waals surface area contributed by atoms with Gasteiger partial charge in [-0.05, 0) is 13.8 Å². The summed E-state index contributed by atoms with van der Waals surface area (Å²) in [6.45, 7) is 6.46. The standard InChI is InChI=1S/C13H23N5O3/c1-3-15-11-7-12(16-5-6-21-8-10(14)19)18-13(17-11)9-20-4-2/h7H,3-6,8-9H2,1-2H3,(H2,14,19)(H2,15,16,17,18). The van der Waals surface area contributed by atoms with Crippen LogP contribution in [-0.2, 0) is 20.9 Å². The predicted octanol–water partition coefficient (Wildman–Crippen LogP) is 0.359. The maximum atomic E-state index is 10.5. The monoisotopic (exact) mass is 297 g/mol. The highest BCUT2D eigenvalue weighted by Crippen LogP contribution is 2.11. The first-order valence-electron chi connectivity index (χ1n) is 6.95. The van der Waals surface area contributed by atoms with Gasteiger partial charge in [-0.15, -0.1) is 0 Å². The zero-order valence-corrected chi connectivity index (χ0v) is 12.5. The molecule has 8 nitrogen and oxygen atoms in total. The van der Waals surface area contributed by atoms with Crippen LogP contribution in [0.15, 0.2) is 6.07 Å². The molecule has 0 aliphatic carbocycles. The second kappa shape index (κ2) is 9.89. The Hall–Kier alpha value is -1.93. The second-order valence-corrected chi connectivity index (χ2v) is 4.17. The summed E-state index contributed by atoms with van der Waals surface area (Å²) in [5.74, 6) is 1.54. The molecule has 8 heteroatoms. The van der Waals surface area contributed by atoms with E-state index in [1.807, 2.05) is 19.9 Å². The van der Waals surface area contributed by atoms with Gasteiger partial charge in [0, 0.05) is 25.8 Å². The summed E-state index contributed by atoms with van der Waals surface area (Å²) >= 11 is 0. The van der Waals surface area contributed by atoms with Gasteiger partial charge in [-0.2, -0.15) is 0 Å². The molecule has 4 N–H and O–H groups in total. The van der Waals surface area contributed by atoms with Crippen molar-refractivity contribution >= 4 is 17.5 Å². The van der Waals surface area contributed by atoms with Crippen LogP contribution in [0.3, 0.4) is 0 Å². The van der Waals surface area contributed by atoms with E-state index in [-0.39, 0.29) is 6.61 Å². The second-order valence-electron chi connectivity index (χ2n) is 4.17. The molecule has 0 bridgehead atoms. The lowest BCUT2D eigenvalue weighted by atomic mass is 10.4. The van der Waals surface area contributed by atoms with Crippen molar-refractivity contribution in [2.45, 2.75) is 20.5 Å². The summed E-state index contributed by atoms with van der Waals surface area (Å²) in [7, 11) is 0. The van der Waals surface area contributed by atoms with E-state index < -0.39 is 5.91 Å². The Morgan fingerprint density at radius 2 is 1.95 bits per heavy atom. The Bertz CT molecular complexity index is 442. The molecule has 0 spiro atoms. The lowest BCUT2D eigenvalue weighted by molar-refractivity contribution is -0.122. The number of carbonyl (C=O) groups excluding carboxylic acids is 1. The van der Waals surface area contributed by atoms with Gasteiger partial charge >= 0.3 is 0 Å². The van der Waals surface area contributed by atoms with Crippen LogP contribution in [-0.4, -0.2) is 48.8 Å². The molecule has 0 atom stereocenters. The van der Waals surface area contributed by atoms with Crippen molar-refractivity contribution in [1.82, 2.24) is 9.97 Å². The minimum Gasteiger partial charge on any atom is -0.374 e. The third-order valence-corrected chi connectivity index (χ3v) is 2.36. The van der Waals surface area contributed by atoms with E-state index >= 15 is 0 Å². The molecule has 0 aliphatic rings. The Morgan fingerprint density at radius 3 is 2.57 bits per heavy atom. The van der Waals surface area contributed by atoms with Gasteiger partial charge in [0.25, 0.3) is 0 Å². The van der Waals surface area contributed by atoms with Gasteiger partial charge in [0.1, 0.15) is 24.8 Å². The minimum absolute atomic E-state index is 0.0797. The van der Waals surface area contributed by atoms with E-state index in [4.69, 9.17) is 15.2 Å². The number of amides is 1. The molecule has 0 saturated carbocycles. The van der Waals surface area contributed by atoms with Crippen LogP contribution < -0.4 is 16.4 Å². The molecular formula is C13H23N5O3. The fourth-order valence-electron chi connectivity index (χ4n) is 1.54. The van der Waals surface area contributed by atoms with E-state index in [9.17, 15) is 4.79 Å². The van der Waals surface area contributed by atoms with E-state index in [1.54, 1.807) is 0 Å². The number of nitrogens with one attached hydrogen (secondary N) is 2. The number of anilines is 2. The summed E-state index contributed by atoms with van der Waals surface area (Å²) in [6, 6.07) is 1.81. The van der Waals surface area contributed by atoms with Crippen molar-refractivity contribution in [3.05, 3.63) is 11.9 Å². The normalized spacial score (nSPS) is 10.4. The quantitative estimate of drug-likeness (QED) is 0.505. The lowest BCUT2D eigenvalue weighted by Crippen LogP contribution is -2.21. The SMILES string of the molecule is CCNc1cc(NCCOCC(N)=O)nc(COCC)n1. The molecule has 118 valence electrons. The van der Waals surface area contributed by atoms with Crippen molar-refractivity contribution in [1.29, 1.82) is 0 Å². The van der Waals surface area contributed by atoms with E-state index in [0.29, 0.717) is 38.0 Å². The first kappa shape index (κ1) is 17.1. The maximum absolute atomic E-state index is 10.5. The molecule has 0 unspecified atom stereocenters. The number of primary amides is 1. The van der Waals surface area contributed by atoms with Crippen LogP contribution in [0.25, 0.3) is 0 Å². The summed E-state index contributed by atoms with van der Waals surface area (Å²) in [5.41, 5.74) is 4.98. The van der Waals surface area contributed by atoms with E-state index in [2.05, 4.69) is 20.6 Å². The molecule has 0 fully saturated rings. The number of nitrogens with zero attached hydrogens (tertiary/aromatic N) is 2. The highest BCUT2D eigenvalue weighted by Gasteiger charge is 2.04. The predicted molar refractivity (Wildman–Crippen MR) is 80.0 cm³/mol. The van der Waals surface area contributed by atoms with Gasteiger partial charge in [0.15, 0.2) is 5.82 Å². The van der Waals surface area contributed by atoms with Crippen molar-refractivity contribution in [2.24, 2.45) is 5.73 Å². The molecule has 21 heavy (non-hydrogen) atoms. The van der Waals surface area contributed by atoms with Crippen LogP contribution in [0.1, 0.15) is 19.7 Å². The topological polar surface area (TPSA) is 111 Å². The van der Waals surface area contributed by atoms with Gasteiger partial charge in [-0.1, -0.05) is 0 Å². The van der Waals surface area contributed by atoms with Crippen molar-refractivity contribution in [3.63, 3.8) is 0 Å². The fraction of sp³-hybridized carbons (Fsp3) is 0.615. The molecule has 0 saturated heterocycles. The third kappa shape index (κ3) is 7.42. The van der Waals surface area contributed by atoms with Gasteiger partial charge in [0.05, 0.1) is 6.61 Å². The first-order chi connectivity index (χ1) is 10.2. The number of aromatic nitrogens is 2. The van der Waals surface area contributed by atoms with Crippen LogP contribution in [0.2, 0.25) is 0 Å². The van der Waals surface area contributed by atoms with E-state index in [0.717, 1.165) is 12.4 Å². The zero-order valence-electron chi connectivity index (χ0n) is 12.5. The van der Waals surface area contributed by atoms with Crippen LogP contribution in [0, 0.1) is 0 Å². The molecule has 1 aromatic rings. The zero-order chi connectivity index (χ0) is 15.5. The Morgan fingerprint density at radius 1 is 1.24 bits per heavy atom. The number of nitrogens with two attached hydrogens (primary N) is 1. The van der Waals surface area contributed by atoms with E-state index in [1.165, 1.54) is 0 Å². The van der Waals surface area contributed by atoms with Crippen molar-refractivity contribution < 1.29 is 14.3 Å². The molecule has 0 radical (unpaired) electrons. The van der Waals surface area contributed by atoms with Gasteiger partial charge in [0.2, 0.25) is 5.91 Å². The molecular weight excluding hydrogens is 274 g/mol. The highest BCUT2D eigenvalue weighted by molar-refractivity contribution is 5.74. The summed E-state index contributed by atoms with van der Waals surface area (Å²) < 4.78 is 10.4. The van der Waals surface area contributed by atoms with Gasteiger partial charge in [-0.25, -0.2) is 9.97 Å². The molecule has 1 aromatic heterocycles. The first-order valence-corrected chi connectivity index (χ1v) is 6.95.